The molecule has 0 unspecified atom stereocenters. The molecule has 0 bridgehead atoms. The lowest BCUT2D eigenvalue weighted by atomic mass is 9.96. The summed E-state index contributed by atoms with van der Waals surface area (Å²) in [5.74, 6) is 0.720. The molecule has 1 amide bonds. The molecule has 166 valence electrons. The van der Waals surface area contributed by atoms with E-state index in [1.54, 1.807) is 0 Å². The highest BCUT2D eigenvalue weighted by Gasteiger charge is 2.27. The maximum atomic E-state index is 12.8. The number of amides is 1. The summed E-state index contributed by atoms with van der Waals surface area (Å²) in [6.45, 7) is 4.66. The maximum absolute atomic E-state index is 12.8. The Hall–Kier alpha value is -3.71. The number of carbonyl (C=O) groups is 1. The number of aromatic nitrogens is 3. The minimum absolute atomic E-state index is 0.0574. The highest BCUT2D eigenvalue weighted by Crippen LogP contribution is 2.37. The van der Waals surface area contributed by atoms with E-state index in [1.807, 2.05) is 29.2 Å². The number of hydrogen-bond acceptors (Lipinski definition) is 5. The normalized spacial score (nSPS) is 15.8. The van der Waals surface area contributed by atoms with E-state index in [0.717, 1.165) is 65.2 Å². The number of carbonyl (C=O) groups excluding carboxylic acids is 1. The van der Waals surface area contributed by atoms with E-state index >= 15 is 0 Å². The van der Waals surface area contributed by atoms with E-state index in [9.17, 15) is 4.79 Å². The number of rotatable bonds is 3. The molecule has 0 saturated carbocycles. The number of anilines is 2. The summed E-state index contributed by atoms with van der Waals surface area (Å²) in [7, 11) is 2.16. The Morgan fingerprint density at radius 2 is 1.88 bits per heavy atom. The predicted molar refractivity (Wildman–Crippen MR) is 129 cm³/mol. The largest absolute Gasteiger partial charge is 0.348 e. The zero-order chi connectivity index (χ0) is 22.5. The van der Waals surface area contributed by atoms with Crippen molar-refractivity contribution in [2.45, 2.75) is 26.3 Å². The van der Waals surface area contributed by atoms with Crippen molar-refractivity contribution < 1.29 is 4.79 Å². The van der Waals surface area contributed by atoms with Crippen LogP contribution in [-0.2, 0) is 19.4 Å². The highest BCUT2D eigenvalue weighted by molar-refractivity contribution is 6.06. The van der Waals surface area contributed by atoms with Crippen LogP contribution in [0.4, 0.5) is 11.5 Å². The zero-order valence-corrected chi connectivity index (χ0v) is 18.9. The molecule has 7 heteroatoms. The molecule has 2 aliphatic heterocycles. The second-order valence-corrected chi connectivity index (χ2v) is 9.06. The van der Waals surface area contributed by atoms with Crippen molar-refractivity contribution in [1.29, 1.82) is 0 Å². The summed E-state index contributed by atoms with van der Waals surface area (Å²) < 4.78 is 1.89. The molecule has 4 aromatic rings. The average molecular weight is 439 g/mol. The van der Waals surface area contributed by atoms with Crippen LogP contribution in [0, 0.1) is 6.92 Å². The summed E-state index contributed by atoms with van der Waals surface area (Å²) >= 11 is 0. The molecular weight excluding hydrogens is 412 g/mol. The third-order valence-corrected chi connectivity index (χ3v) is 6.79. The van der Waals surface area contributed by atoms with Gasteiger partial charge in [-0.3, -0.25) is 4.79 Å². The van der Waals surface area contributed by atoms with Gasteiger partial charge in [-0.15, -0.1) is 0 Å². The summed E-state index contributed by atoms with van der Waals surface area (Å²) in [6.07, 6.45) is 7.90. The van der Waals surface area contributed by atoms with Gasteiger partial charge in [0.2, 0.25) is 0 Å². The van der Waals surface area contributed by atoms with E-state index in [2.05, 4.69) is 63.9 Å². The molecule has 33 heavy (non-hydrogen) atoms. The number of hydrogen-bond donors (Lipinski definition) is 2. The number of pyridine rings is 2. The Bertz CT molecular complexity index is 1410. The smallest absolute Gasteiger partial charge is 0.254 e. The van der Waals surface area contributed by atoms with E-state index in [1.165, 1.54) is 11.1 Å². The van der Waals surface area contributed by atoms with Gasteiger partial charge in [0.1, 0.15) is 5.82 Å². The number of likely N-dealkylation sites (N-methyl/N-ethyl adjacent to an activating group) is 1. The first-order chi connectivity index (χ1) is 16.1. The van der Waals surface area contributed by atoms with Gasteiger partial charge in [0.25, 0.3) is 5.91 Å². The Kier molecular flexibility index (Phi) is 4.66. The van der Waals surface area contributed by atoms with Crippen molar-refractivity contribution in [3.8, 4) is 11.1 Å². The summed E-state index contributed by atoms with van der Waals surface area (Å²) in [6, 6.07) is 10.4. The second kappa shape index (κ2) is 7.71. The maximum Gasteiger partial charge on any atom is 0.254 e. The van der Waals surface area contributed by atoms with Gasteiger partial charge in [0, 0.05) is 37.6 Å². The lowest BCUT2D eigenvalue weighted by Gasteiger charge is -2.14. The van der Waals surface area contributed by atoms with Crippen LogP contribution in [0.5, 0.6) is 0 Å². The molecule has 1 aromatic carbocycles. The number of nitrogens with zero attached hydrogens (tertiary/aromatic N) is 4. The summed E-state index contributed by atoms with van der Waals surface area (Å²) in [4.78, 5) is 19.8. The van der Waals surface area contributed by atoms with Crippen molar-refractivity contribution in [2.75, 3.05) is 25.5 Å². The number of aryl methyl sites for hydroxylation is 1. The molecule has 0 fully saturated rings. The molecule has 0 atom stereocenters. The zero-order valence-electron chi connectivity index (χ0n) is 18.9. The van der Waals surface area contributed by atoms with E-state index in [4.69, 9.17) is 0 Å². The molecule has 3 aromatic heterocycles. The fourth-order valence-corrected chi connectivity index (χ4v) is 4.92. The molecule has 0 spiro atoms. The fraction of sp³-hybridized carbons (Fsp3) is 0.269. The van der Waals surface area contributed by atoms with Gasteiger partial charge in [0.05, 0.1) is 23.0 Å². The molecule has 0 aliphatic carbocycles. The van der Waals surface area contributed by atoms with Crippen molar-refractivity contribution in [1.82, 2.24) is 24.8 Å². The molecule has 2 N–H and O–H groups in total. The van der Waals surface area contributed by atoms with E-state index in [-0.39, 0.29) is 5.91 Å². The third-order valence-electron chi connectivity index (χ3n) is 6.79. The number of fused-ring (bicyclic) bond motifs is 3. The van der Waals surface area contributed by atoms with Crippen molar-refractivity contribution in [3.05, 3.63) is 76.7 Å². The lowest BCUT2D eigenvalue weighted by Crippen LogP contribution is -2.20. The highest BCUT2D eigenvalue weighted by atomic mass is 16.1. The Labute approximate surface area is 192 Å². The number of nitrogens with one attached hydrogen (secondary N) is 2. The van der Waals surface area contributed by atoms with Crippen LogP contribution in [-0.4, -0.2) is 45.5 Å². The van der Waals surface area contributed by atoms with Crippen LogP contribution >= 0.6 is 0 Å². The predicted octanol–water partition coefficient (Wildman–Crippen LogP) is 3.72. The van der Waals surface area contributed by atoms with Crippen LogP contribution in [0.2, 0.25) is 0 Å². The Morgan fingerprint density at radius 3 is 2.76 bits per heavy atom. The first kappa shape index (κ1) is 19.9. The monoisotopic (exact) mass is 438 g/mol. The topological polar surface area (TPSA) is 74.6 Å². The van der Waals surface area contributed by atoms with Gasteiger partial charge in [0.15, 0.2) is 0 Å². The third kappa shape index (κ3) is 3.45. The van der Waals surface area contributed by atoms with Crippen LogP contribution in [0.1, 0.15) is 32.6 Å². The number of benzene rings is 1. The lowest BCUT2D eigenvalue weighted by molar-refractivity contribution is 0.0966. The van der Waals surface area contributed by atoms with Gasteiger partial charge in [-0.1, -0.05) is 12.1 Å². The molecule has 5 heterocycles. The minimum Gasteiger partial charge on any atom is -0.348 e. The van der Waals surface area contributed by atoms with Crippen LogP contribution in [0.3, 0.4) is 0 Å². The molecule has 0 saturated heterocycles. The van der Waals surface area contributed by atoms with Crippen LogP contribution in [0.15, 0.2) is 48.9 Å². The standard InChI is InChI=1S/C26H26N6O/c1-16-3-6-23-20(14-29-32(23)15-16)19-4-5-22(25-21(19)13-28-26(25)33)30-24-11-17-7-9-31(2)10-8-18(17)12-27-24/h3-6,11-12,14-15H,7-10,13H2,1-2H3,(H,27,30)(H,28,33). The summed E-state index contributed by atoms with van der Waals surface area (Å²) in [5, 5.41) is 11.0. The van der Waals surface area contributed by atoms with Gasteiger partial charge in [-0.25, -0.2) is 9.50 Å². The van der Waals surface area contributed by atoms with Crippen LogP contribution < -0.4 is 10.6 Å². The fourth-order valence-electron chi connectivity index (χ4n) is 4.92. The van der Waals surface area contributed by atoms with Gasteiger partial charge < -0.3 is 15.5 Å². The Balaban J connectivity index is 1.39. The quantitative estimate of drug-likeness (QED) is 0.510. The van der Waals surface area contributed by atoms with Crippen LogP contribution in [0.25, 0.3) is 16.6 Å². The van der Waals surface area contributed by atoms with Crippen molar-refractivity contribution >= 4 is 22.9 Å². The van der Waals surface area contributed by atoms with Gasteiger partial charge >= 0.3 is 0 Å². The molecule has 0 radical (unpaired) electrons. The Morgan fingerprint density at radius 1 is 1.03 bits per heavy atom. The first-order valence-electron chi connectivity index (χ1n) is 11.4. The SMILES string of the molecule is Cc1ccc2c(-c3ccc(Nc4cc5c(cn4)CCN(C)CC5)c4c3CNC4=O)cnn2c1. The molecule has 2 aliphatic rings. The average Bonchev–Trinajstić information content (AvgIpc) is 3.35. The second-order valence-electron chi connectivity index (χ2n) is 9.06. The van der Waals surface area contributed by atoms with Crippen molar-refractivity contribution in [2.24, 2.45) is 0 Å². The molecule has 6 rings (SSSR count). The molecule has 7 nitrogen and oxygen atoms in total. The van der Waals surface area contributed by atoms with Gasteiger partial charge in [-0.2, -0.15) is 5.10 Å². The summed E-state index contributed by atoms with van der Waals surface area (Å²) in [5.41, 5.74) is 9.36. The minimum atomic E-state index is -0.0574. The first-order valence-corrected chi connectivity index (χ1v) is 11.4. The van der Waals surface area contributed by atoms with Crippen molar-refractivity contribution in [3.63, 3.8) is 0 Å². The van der Waals surface area contributed by atoms with Gasteiger partial charge in [-0.05, 0) is 72.8 Å². The van der Waals surface area contributed by atoms with E-state index < -0.39 is 0 Å². The van der Waals surface area contributed by atoms with E-state index in [0.29, 0.717) is 12.1 Å². The molecular formula is C26H26N6O.